The number of carbonyl (C=O) groups excluding carboxylic acids is 1. The van der Waals surface area contributed by atoms with Crippen LogP contribution in [0.4, 0.5) is 0 Å². The van der Waals surface area contributed by atoms with Crippen LogP contribution in [0.3, 0.4) is 0 Å². The van der Waals surface area contributed by atoms with E-state index in [4.69, 9.17) is 0 Å². The zero-order valence-electron chi connectivity index (χ0n) is 19.9. The molecule has 182 valence electrons. The van der Waals surface area contributed by atoms with Gasteiger partial charge in [-0.2, -0.15) is 0 Å². The van der Waals surface area contributed by atoms with E-state index in [0.29, 0.717) is 34.6 Å². The lowest BCUT2D eigenvalue weighted by Gasteiger charge is -2.22. The minimum absolute atomic E-state index is 0.0188. The zero-order chi connectivity index (χ0) is 24.9. The number of aliphatic hydroxyl groups is 1. The number of aliphatic hydroxyl groups excluding tert-OH is 1. The Labute approximate surface area is 209 Å². The average molecular weight is 481 g/mol. The number of rotatable bonds is 6. The molecular weight excluding hydrogens is 452 g/mol. The molecule has 0 spiro atoms. The quantitative estimate of drug-likeness (QED) is 0.322. The van der Waals surface area contributed by atoms with Crippen LogP contribution < -0.4 is 10.9 Å². The first-order valence-corrected chi connectivity index (χ1v) is 12.3. The molecule has 0 aliphatic heterocycles. The molecular formula is C29H28N4O3. The zero-order valence-corrected chi connectivity index (χ0v) is 19.9. The van der Waals surface area contributed by atoms with Gasteiger partial charge in [-0.25, -0.2) is 4.98 Å². The molecule has 0 atom stereocenters. The number of benzene rings is 2. The smallest absolute Gasteiger partial charge is 0.274 e. The molecule has 1 aliphatic carbocycles. The van der Waals surface area contributed by atoms with Gasteiger partial charge in [0.1, 0.15) is 11.5 Å². The first-order valence-electron chi connectivity index (χ1n) is 12.3. The van der Waals surface area contributed by atoms with Crippen LogP contribution in [0.2, 0.25) is 0 Å². The van der Waals surface area contributed by atoms with Crippen molar-refractivity contribution in [3.63, 3.8) is 0 Å². The Kier molecular flexibility index (Phi) is 6.89. The van der Waals surface area contributed by atoms with Crippen molar-refractivity contribution in [2.45, 2.75) is 44.6 Å². The van der Waals surface area contributed by atoms with Crippen molar-refractivity contribution >= 4 is 28.8 Å². The Morgan fingerprint density at radius 1 is 1.00 bits per heavy atom. The number of nitrogens with one attached hydrogen (secondary N) is 2. The van der Waals surface area contributed by atoms with Crippen LogP contribution in [0.1, 0.15) is 70.8 Å². The predicted octanol–water partition coefficient (Wildman–Crippen LogP) is 5.35. The Balaban J connectivity index is 1.32. The van der Waals surface area contributed by atoms with Crippen LogP contribution in [-0.4, -0.2) is 26.0 Å². The van der Waals surface area contributed by atoms with E-state index in [9.17, 15) is 14.7 Å². The Morgan fingerprint density at radius 2 is 1.72 bits per heavy atom. The monoisotopic (exact) mass is 480 g/mol. The van der Waals surface area contributed by atoms with Crippen LogP contribution in [0.5, 0.6) is 0 Å². The Morgan fingerprint density at radius 3 is 2.47 bits per heavy atom. The molecule has 1 aliphatic rings. The summed E-state index contributed by atoms with van der Waals surface area (Å²) in [5.74, 6) is 0.314. The summed E-state index contributed by atoms with van der Waals surface area (Å²) in [5.41, 5.74) is 3.92. The molecule has 0 bridgehead atoms. The molecule has 2 aromatic carbocycles. The Bertz CT molecular complexity index is 1450. The van der Waals surface area contributed by atoms with Crippen LogP contribution in [0.15, 0.2) is 71.8 Å². The average Bonchev–Trinajstić information content (AvgIpc) is 2.93. The molecule has 2 aromatic heterocycles. The van der Waals surface area contributed by atoms with Crippen LogP contribution in [0.25, 0.3) is 22.9 Å². The SMILES string of the molecule is O=C(NCc1ccncc1)c1ccc2nc(C=C(O)c3ccc(C4CCCCC4)cc3)c(=O)[nH]c2c1. The molecule has 3 N–H and O–H groups in total. The van der Waals surface area contributed by atoms with Crippen molar-refractivity contribution in [1.29, 1.82) is 0 Å². The van der Waals surface area contributed by atoms with Crippen molar-refractivity contribution in [2.24, 2.45) is 0 Å². The molecule has 7 nitrogen and oxygen atoms in total. The lowest BCUT2D eigenvalue weighted by atomic mass is 9.84. The van der Waals surface area contributed by atoms with Gasteiger partial charge in [0.05, 0.1) is 11.0 Å². The summed E-state index contributed by atoms with van der Waals surface area (Å²) >= 11 is 0. The minimum Gasteiger partial charge on any atom is -0.507 e. The van der Waals surface area contributed by atoms with Gasteiger partial charge in [-0.3, -0.25) is 14.6 Å². The Hall–Kier alpha value is -4.26. The van der Waals surface area contributed by atoms with Gasteiger partial charge in [0.2, 0.25) is 0 Å². The summed E-state index contributed by atoms with van der Waals surface area (Å²) in [6.45, 7) is 0.374. The lowest BCUT2D eigenvalue weighted by Crippen LogP contribution is -2.23. The molecule has 1 amide bonds. The lowest BCUT2D eigenvalue weighted by molar-refractivity contribution is 0.0951. The molecule has 0 saturated heterocycles. The van der Waals surface area contributed by atoms with Crippen molar-refractivity contribution in [2.75, 3.05) is 0 Å². The fourth-order valence-electron chi connectivity index (χ4n) is 4.70. The highest BCUT2D eigenvalue weighted by Crippen LogP contribution is 2.33. The largest absolute Gasteiger partial charge is 0.507 e. The highest BCUT2D eigenvalue weighted by Gasteiger charge is 2.16. The summed E-state index contributed by atoms with van der Waals surface area (Å²) in [5, 5.41) is 13.5. The number of H-pyrrole nitrogens is 1. The number of carbonyl (C=O) groups is 1. The number of amides is 1. The maximum absolute atomic E-state index is 12.7. The first-order chi connectivity index (χ1) is 17.6. The summed E-state index contributed by atoms with van der Waals surface area (Å²) < 4.78 is 0. The standard InChI is InChI=1S/C29H28N4O3/c34-27(22-8-6-21(7-9-22)20-4-2-1-3-5-20)17-26-29(36)33-25-16-23(10-11-24(25)32-26)28(35)31-18-19-12-14-30-15-13-19/h6-17,20,34H,1-5,18H2,(H,31,35)(H,33,36). The number of hydrogen-bond acceptors (Lipinski definition) is 5. The number of pyridine rings is 1. The van der Waals surface area contributed by atoms with E-state index in [-0.39, 0.29) is 17.4 Å². The highest BCUT2D eigenvalue weighted by molar-refractivity contribution is 5.97. The molecule has 1 saturated carbocycles. The molecule has 5 rings (SSSR count). The number of aromatic nitrogens is 3. The molecule has 1 fully saturated rings. The number of hydrogen-bond donors (Lipinski definition) is 3. The van der Waals surface area contributed by atoms with Gasteiger partial charge in [0, 0.05) is 36.1 Å². The first kappa shape index (κ1) is 23.5. The van der Waals surface area contributed by atoms with E-state index < -0.39 is 5.56 Å². The van der Waals surface area contributed by atoms with E-state index in [0.717, 1.165) is 5.56 Å². The fraction of sp³-hybridized carbons (Fsp3) is 0.241. The van der Waals surface area contributed by atoms with E-state index in [1.807, 2.05) is 24.3 Å². The van der Waals surface area contributed by atoms with Crippen molar-refractivity contribution in [3.05, 3.63) is 105 Å². The van der Waals surface area contributed by atoms with Crippen LogP contribution in [0, 0.1) is 0 Å². The molecule has 2 heterocycles. The van der Waals surface area contributed by atoms with E-state index in [2.05, 4.69) is 32.4 Å². The molecule has 4 aromatic rings. The van der Waals surface area contributed by atoms with E-state index in [1.54, 1.807) is 30.6 Å². The third kappa shape index (κ3) is 5.35. The fourth-order valence-corrected chi connectivity index (χ4v) is 4.70. The topological polar surface area (TPSA) is 108 Å². The van der Waals surface area contributed by atoms with Gasteiger partial charge in [-0.15, -0.1) is 0 Å². The molecule has 0 radical (unpaired) electrons. The molecule has 0 unspecified atom stereocenters. The molecule has 36 heavy (non-hydrogen) atoms. The third-order valence-electron chi connectivity index (χ3n) is 6.74. The number of fused-ring (bicyclic) bond motifs is 1. The third-order valence-corrected chi connectivity index (χ3v) is 6.74. The van der Waals surface area contributed by atoms with Gasteiger partial charge in [-0.1, -0.05) is 43.5 Å². The summed E-state index contributed by atoms with van der Waals surface area (Å²) in [6.07, 6.45) is 11.0. The summed E-state index contributed by atoms with van der Waals surface area (Å²) in [7, 11) is 0. The van der Waals surface area contributed by atoms with Gasteiger partial charge in [0.15, 0.2) is 0 Å². The van der Waals surface area contributed by atoms with Crippen LogP contribution >= 0.6 is 0 Å². The van der Waals surface area contributed by atoms with Crippen molar-refractivity contribution in [1.82, 2.24) is 20.3 Å². The van der Waals surface area contributed by atoms with E-state index >= 15 is 0 Å². The summed E-state index contributed by atoms with van der Waals surface area (Å²) in [4.78, 5) is 36.4. The van der Waals surface area contributed by atoms with Crippen LogP contribution in [-0.2, 0) is 6.54 Å². The molecule has 7 heteroatoms. The second-order valence-corrected chi connectivity index (χ2v) is 9.21. The van der Waals surface area contributed by atoms with Gasteiger partial charge < -0.3 is 15.4 Å². The van der Waals surface area contributed by atoms with Crippen molar-refractivity contribution < 1.29 is 9.90 Å². The number of aromatic amines is 1. The highest BCUT2D eigenvalue weighted by atomic mass is 16.3. The maximum atomic E-state index is 12.7. The maximum Gasteiger partial charge on any atom is 0.274 e. The second kappa shape index (κ2) is 10.6. The van der Waals surface area contributed by atoms with E-state index in [1.165, 1.54) is 43.7 Å². The number of nitrogens with zero attached hydrogens (tertiary/aromatic N) is 2. The second-order valence-electron chi connectivity index (χ2n) is 9.21. The normalized spacial score (nSPS) is 14.6. The predicted molar refractivity (Wildman–Crippen MR) is 141 cm³/mol. The summed E-state index contributed by atoms with van der Waals surface area (Å²) in [6, 6.07) is 16.5. The minimum atomic E-state index is -0.442. The van der Waals surface area contributed by atoms with Gasteiger partial charge in [-0.05, 0) is 60.2 Å². The van der Waals surface area contributed by atoms with Gasteiger partial charge in [0.25, 0.3) is 11.5 Å². The van der Waals surface area contributed by atoms with Crippen molar-refractivity contribution in [3.8, 4) is 0 Å². The van der Waals surface area contributed by atoms with Gasteiger partial charge >= 0.3 is 0 Å².